The second-order valence-electron chi connectivity index (χ2n) is 9.59. The van der Waals surface area contributed by atoms with Gasteiger partial charge in [-0.25, -0.2) is 0 Å². The van der Waals surface area contributed by atoms with Crippen LogP contribution in [0.25, 0.3) is 11.1 Å². The van der Waals surface area contributed by atoms with E-state index in [0.717, 1.165) is 52.4 Å². The summed E-state index contributed by atoms with van der Waals surface area (Å²) in [5.74, 6) is 1.97. The molecule has 5 rings (SSSR count). The Balaban J connectivity index is 1.40. The van der Waals surface area contributed by atoms with Crippen LogP contribution in [0.4, 0.5) is 0 Å². The summed E-state index contributed by atoms with van der Waals surface area (Å²) in [5.41, 5.74) is 4.71. The van der Waals surface area contributed by atoms with Gasteiger partial charge in [-0.1, -0.05) is 30.7 Å². The second-order valence-corrected chi connectivity index (χ2v) is 9.59. The molecule has 2 aliphatic rings. The third-order valence-corrected chi connectivity index (χ3v) is 7.12. The molecule has 0 bridgehead atoms. The lowest BCUT2D eigenvalue weighted by molar-refractivity contribution is 0.125. The number of benzene rings is 3. The lowest BCUT2D eigenvalue weighted by atomic mass is 9.86. The Morgan fingerprint density at radius 1 is 0.943 bits per heavy atom. The zero-order valence-electron chi connectivity index (χ0n) is 20.4. The predicted octanol–water partition coefficient (Wildman–Crippen LogP) is 6.42. The average Bonchev–Trinajstić information content (AvgIpc) is 2.88. The summed E-state index contributed by atoms with van der Waals surface area (Å²) in [5, 5.41) is 20.2. The molecule has 182 valence electrons. The van der Waals surface area contributed by atoms with E-state index in [9.17, 15) is 10.2 Å². The van der Waals surface area contributed by atoms with Crippen molar-refractivity contribution < 1.29 is 19.7 Å². The van der Waals surface area contributed by atoms with Crippen molar-refractivity contribution in [2.75, 3.05) is 19.7 Å². The van der Waals surface area contributed by atoms with Crippen molar-refractivity contribution in [3.63, 3.8) is 0 Å². The summed E-state index contributed by atoms with van der Waals surface area (Å²) in [4.78, 5) is 2.51. The first-order valence-corrected chi connectivity index (χ1v) is 12.5. The molecule has 1 fully saturated rings. The van der Waals surface area contributed by atoms with E-state index in [1.54, 1.807) is 30.3 Å². The van der Waals surface area contributed by atoms with Crippen molar-refractivity contribution in [3.8, 4) is 23.0 Å². The van der Waals surface area contributed by atoms with Crippen LogP contribution in [0.1, 0.15) is 55.9 Å². The van der Waals surface area contributed by atoms with Gasteiger partial charge in [0.2, 0.25) is 0 Å². The summed E-state index contributed by atoms with van der Waals surface area (Å²) in [7, 11) is 0. The number of phenolic OH excluding ortho intramolecular Hbond substituents is 2. The van der Waals surface area contributed by atoms with Crippen LogP contribution in [0, 0.1) is 0 Å². The Bertz CT molecular complexity index is 1210. The van der Waals surface area contributed by atoms with Crippen molar-refractivity contribution >= 4 is 11.1 Å². The lowest BCUT2D eigenvalue weighted by Crippen LogP contribution is -2.40. The van der Waals surface area contributed by atoms with Crippen LogP contribution in [0.3, 0.4) is 0 Å². The van der Waals surface area contributed by atoms with Crippen LogP contribution in [0.2, 0.25) is 0 Å². The molecule has 2 atom stereocenters. The smallest absolute Gasteiger partial charge is 0.150 e. The molecule has 3 aromatic rings. The minimum absolute atomic E-state index is 0.195. The first kappa shape index (κ1) is 23.3. The number of rotatable bonds is 6. The van der Waals surface area contributed by atoms with Crippen LogP contribution >= 0.6 is 0 Å². The monoisotopic (exact) mass is 471 g/mol. The SMILES string of the molecule is CC1=C(c2cccc(O)c2)[C@H](c2ccc(OC[C@H](C)N3CCCCC3)cc2)Oc2ccc(O)cc21. The first-order valence-electron chi connectivity index (χ1n) is 12.5. The van der Waals surface area contributed by atoms with E-state index in [-0.39, 0.29) is 17.6 Å². The lowest BCUT2D eigenvalue weighted by Gasteiger charge is -2.32. The fourth-order valence-electron chi connectivity index (χ4n) is 5.14. The number of fused-ring (bicyclic) bond motifs is 1. The van der Waals surface area contributed by atoms with E-state index < -0.39 is 0 Å². The molecule has 0 spiro atoms. The van der Waals surface area contributed by atoms with Crippen LogP contribution < -0.4 is 9.47 Å². The summed E-state index contributed by atoms with van der Waals surface area (Å²) in [6, 6.07) is 20.9. The average molecular weight is 472 g/mol. The van der Waals surface area contributed by atoms with E-state index in [4.69, 9.17) is 9.47 Å². The van der Waals surface area contributed by atoms with Crippen molar-refractivity contribution in [3.05, 3.63) is 83.4 Å². The summed E-state index contributed by atoms with van der Waals surface area (Å²) in [6.07, 6.45) is 3.53. The molecular formula is C30H33NO4. The maximum atomic E-state index is 10.1. The van der Waals surface area contributed by atoms with Crippen molar-refractivity contribution in [1.82, 2.24) is 4.90 Å². The number of piperidine rings is 1. The molecule has 3 aromatic carbocycles. The highest BCUT2D eigenvalue weighted by Crippen LogP contribution is 2.47. The van der Waals surface area contributed by atoms with Crippen molar-refractivity contribution in [2.24, 2.45) is 0 Å². The summed E-state index contributed by atoms with van der Waals surface area (Å²) < 4.78 is 12.6. The molecule has 5 nitrogen and oxygen atoms in total. The Morgan fingerprint density at radius 3 is 2.43 bits per heavy atom. The number of hydrogen-bond acceptors (Lipinski definition) is 5. The molecule has 5 heteroatoms. The Morgan fingerprint density at radius 2 is 1.69 bits per heavy atom. The molecule has 0 aromatic heterocycles. The molecular weight excluding hydrogens is 438 g/mol. The number of hydrogen-bond donors (Lipinski definition) is 2. The molecule has 0 unspecified atom stereocenters. The summed E-state index contributed by atoms with van der Waals surface area (Å²) in [6.45, 7) is 7.26. The zero-order valence-corrected chi connectivity index (χ0v) is 20.4. The predicted molar refractivity (Wildman–Crippen MR) is 139 cm³/mol. The quantitative estimate of drug-likeness (QED) is 0.435. The normalized spacial score (nSPS) is 19.1. The van der Waals surface area contributed by atoms with Crippen LogP contribution in [0.5, 0.6) is 23.0 Å². The van der Waals surface area contributed by atoms with E-state index in [1.807, 2.05) is 43.3 Å². The number of phenols is 2. The number of aromatic hydroxyl groups is 2. The van der Waals surface area contributed by atoms with Gasteiger partial charge in [0.05, 0.1) is 0 Å². The fraction of sp³-hybridized carbons (Fsp3) is 0.333. The number of likely N-dealkylation sites (tertiary alicyclic amines) is 1. The van der Waals surface area contributed by atoms with Crippen molar-refractivity contribution in [1.29, 1.82) is 0 Å². The Kier molecular flexibility index (Phi) is 6.69. The Hall–Kier alpha value is -3.44. The van der Waals surface area contributed by atoms with Gasteiger partial charge in [-0.15, -0.1) is 0 Å². The highest BCUT2D eigenvalue weighted by Gasteiger charge is 2.29. The second kappa shape index (κ2) is 10.0. The highest BCUT2D eigenvalue weighted by molar-refractivity contribution is 5.95. The number of nitrogens with zero attached hydrogens (tertiary/aromatic N) is 1. The fourth-order valence-corrected chi connectivity index (χ4v) is 5.14. The third-order valence-electron chi connectivity index (χ3n) is 7.12. The summed E-state index contributed by atoms with van der Waals surface area (Å²) >= 11 is 0. The number of allylic oxidation sites excluding steroid dienone is 1. The standard InChI is InChI=1S/C30H33NO4/c1-20(31-15-4-3-5-16-31)19-34-26-12-9-22(10-13-26)30-29(23-7-6-8-24(32)17-23)21(2)27-18-25(33)11-14-28(27)35-30/h6-14,17-18,20,30,32-33H,3-5,15-16,19H2,1-2H3/t20-,30-/m0/s1. The van der Waals surface area contributed by atoms with Crippen LogP contribution in [0.15, 0.2) is 66.7 Å². The highest BCUT2D eigenvalue weighted by atomic mass is 16.5. The van der Waals surface area contributed by atoms with Crippen LogP contribution in [-0.4, -0.2) is 40.9 Å². The molecule has 2 N–H and O–H groups in total. The van der Waals surface area contributed by atoms with E-state index in [1.165, 1.54) is 19.3 Å². The Labute approximate surface area is 207 Å². The van der Waals surface area contributed by atoms with E-state index in [2.05, 4.69) is 11.8 Å². The van der Waals surface area contributed by atoms with E-state index >= 15 is 0 Å². The molecule has 2 aliphatic heterocycles. The maximum absolute atomic E-state index is 10.1. The first-order chi connectivity index (χ1) is 17.0. The van der Waals surface area contributed by atoms with Gasteiger partial charge in [-0.3, -0.25) is 4.90 Å². The van der Waals surface area contributed by atoms with Gasteiger partial charge in [0.25, 0.3) is 0 Å². The van der Waals surface area contributed by atoms with Crippen LogP contribution in [-0.2, 0) is 0 Å². The molecule has 0 aliphatic carbocycles. The maximum Gasteiger partial charge on any atom is 0.150 e. The van der Waals surface area contributed by atoms with Gasteiger partial charge in [0.15, 0.2) is 0 Å². The molecule has 35 heavy (non-hydrogen) atoms. The largest absolute Gasteiger partial charge is 0.508 e. The minimum Gasteiger partial charge on any atom is -0.508 e. The van der Waals surface area contributed by atoms with Gasteiger partial charge in [-0.05, 0) is 98.9 Å². The van der Waals surface area contributed by atoms with Gasteiger partial charge in [0.1, 0.15) is 35.7 Å². The molecule has 0 saturated carbocycles. The third kappa shape index (κ3) is 5.01. The number of ether oxygens (including phenoxy) is 2. The van der Waals surface area contributed by atoms with Gasteiger partial charge in [0, 0.05) is 17.2 Å². The molecule has 0 radical (unpaired) electrons. The zero-order chi connectivity index (χ0) is 24.4. The molecule has 0 amide bonds. The van der Waals surface area contributed by atoms with Gasteiger partial charge >= 0.3 is 0 Å². The van der Waals surface area contributed by atoms with Gasteiger partial charge < -0.3 is 19.7 Å². The van der Waals surface area contributed by atoms with Gasteiger partial charge in [-0.2, -0.15) is 0 Å². The van der Waals surface area contributed by atoms with Crippen molar-refractivity contribution in [2.45, 2.75) is 45.3 Å². The minimum atomic E-state index is -0.352. The topological polar surface area (TPSA) is 62.2 Å². The molecule has 1 saturated heterocycles. The van der Waals surface area contributed by atoms with E-state index in [0.29, 0.717) is 12.6 Å². The molecule has 2 heterocycles.